The summed E-state index contributed by atoms with van der Waals surface area (Å²) in [7, 11) is 0. The fourth-order valence-corrected chi connectivity index (χ4v) is 4.22. The third-order valence-electron chi connectivity index (χ3n) is 4.71. The zero-order chi connectivity index (χ0) is 20.6. The second kappa shape index (κ2) is 10.5. The lowest BCUT2D eigenvalue weighted by molar-refractivity contribution is -0.143. The lowest BCUT2D eigenvalue weighted by Gasteiger charge is -2.17. The Bertz CT molecular complexity index is 922. The van der Waals surface area contributed by atoms with Gasteiger partial charge in [-0.3, -0.25) is 4.79 Å². The maximum Gasteiger partial charge on any atom is 0.311 e. The Hall–Kier alpha value is -2.21. The van der Waals surface area contributed by atoms with Crippen LogP contribution in [0.25, 0.3) is 21.8 Å². The van der Waals surface area contributed by atoms with Crippen molar-refractivity contribution in [2.75, 3.05) is 26.2 Å². The predicted octanol–water partition coefficient (Wildman–Crippen LogP) is 5.56. The number of halogens is 1. The Morgan fingerprint density at radius 2 is 1.72 bits per heavy atom. The molecule has 6 heteroatoms. The quantitative estimate of drug-likeness (QED) is 0.418. The molecule has 0 fully saturated rings. The fraction of sp³-hybridized carbons (Fsp3) is 0.304. The van der Waals surface area contributed by atoms with Gasteiger partial charge >= 0.3 is 5.97 Å². The van der Waals surface area contributed by atoms with Crippen LogP contribution in [0.1, 0.15) is 18.7 Å². The minimum absolute atomic E-state index is 0.209. The topological polar surface area (TPSA) is 42.4 Å². The van der Waals surface area contributed by atoms with Gasteiger partial charge in [-0.2, -0.15) is 0 Å². The molecule has 0 radical (unpaired) electrons. The summed E-state index contributed by atoms with van der Waals surface area (Å²) in [4.78, 5) is 20.4. The molecule has 152 valence electrons. The second-order valence-electron chi connectivity index (χ2n) is 6.59. The number of carbonyl (C=O) groups excluding carboxylic acids is 1. The van der Waals surface area contributed by atoms with Gasteiger partial charge in [-0.1, -0.05) is 67.9 Å². The van der Waals surface area contributed by atoms with E-state index in [-0.39, 0.29) is 12.4 Å². The number of ether oxygens (including phenoxy) is 1. The molecule has 0 unspecified atom stereocenters. The van der Waals surface area contributed by atoms with Crippen LogP contribution in [0.4, 0.5) is 0 Å². The van der Waals surface area contributed by atoms with Crippen LogP contribution in [0, 0.1) is 0 Å². The second-order valence-corrected chi connectivity index (χ2v) is 8.11. The Morgan fingerprint density at radius 1 is 1.03 bits per heavy atom. The van der Waals surface area contributed by atoms with Gasteiger partial charge in [0, 0.05) is 27.6 Å². The van der Waals surface area contributed by atoms with Gasteiger partial charge in [0.1, 0.15) is 11.6 Å². The summed E-state index contributed by atoms with van der Waals surface area (Å²) in [5, 5.41) is 1.56. The van der Waals surface area contributed by atoms with Gasteiger partial charge in [0.05, 0.1) is 12.1 Å². The van der Waals surface area contributed by atoms with Crippen molar-refractivity contribution in [3.8, 4) is 21.8 Å². The zero-order valence-electron chi connectivity index (χ0n) is 16.7. The van der Waals surface area contributed by atoms with Gasteiger partial charge in [-0.25, -0.2) is 4.98 Å². The van der Waals surface area contributed by atoms with Crippen molar-refractivity contribution in [2.45, 2.75) is 20.3 Å². The summed E-state index contributed by atoms with van der Waals surface area (Å²) >= 11 is 7.57. The molecular weight excluding hydrogens is 404 g/mol. The van der Waals surface area contributed by atoms with Gasteiger partial charge in [0.25, 0.3) is 0 Å². The lowest BCUT2D eigenvalue weighted by atomic mass is 10.1. The Morgan fingerprint density at radius 3 is 2.38 bits per heavy atom. The van der Waals surface area contributed by atoms with E-state index in [4.69, 9.17) is 21.3 Å². The Balaban J connectivity index is 1.79. The van der Waals surface area contributed by atoms with Crippen molar-refractivity contribution in [1.29, 1.82) is 0 Å². The van der Waals surface area contributed by atoms with Gasteiger partial charge in [0.15, 0.2) is 0 Å². The number of esters is 1. The average Bonchev–Trinajstić information content (AvgIpc) is 3.16. The highest BCUT2D eigenvalue weighted by Gasteiger charge is 2.18. The smallest absolute Gasteiger partial charge is 0.311 e. The van der Waals surface area contributed by atoms with Crippen LogP contribution >= 0.6 is 22.9 Å². The zero-order valence-corrected chi connectivity index (χ0v) is 18.3. The first-order valence-corrected chi connectivity index (χ1v) is 11.0. The van der Waals surface area contributed by atoms with Crippen LogP contribution in [-0.2, 0) is 16.0 Å². The van der Waals surface area contributed by atoms with Gasteiger partial charge in [-0.15, -0.1) is 11.3 Å². The minimum atomic E-state index is -0.226. The van der Waals surface area contributed by atoms with Crippen LogP contribution in [0.15, 0.2) is 54.6 Å². The molecule has 1 aromatic heterocycles. The molecule has 2 aromatic carbocycles. The molecule has 4 nitrogen and oxygen atoms in total. The average molecular weight is 429 g/mol. The van der Waals surface area contributed by atoms with Crippen LogP contribution < -0.4 is 0 Å². The van der Waals surface area contributed by atoms with Crippen LogP contribution in [0.3, 0.4) is 0 Å². The first-order chi connectivity index (χ1) is 14.1. The Kier molecular flexibility index (Phi) is 7.81. The first-order valence-electron chi connectivity index (χ1n) is 9.79. The van der Waals surface area contributed by atoms with Crippen molar-refractivity contribution in [1.82, 2.24) is 9.88 Å². The van der Waals surface area contributed by atoms with Crippen LogP contribution in [-0.4, -0.2) is 42.1 Å². The maximum atomic E-state index is 12.5. The van der Waals surface area contributed by atoms with E-state index in [9.17, 15) is 4.79 Å². The molecule has 0 aliphatic heterocycles. The van der Waals surface area contributed by atoms with E-state index in [1.807, 2.05) is 54.6 Å². The highest BCUT2D eigenvalue weighted by Crippen LogP contribution is 2.34. The summed E-state index contributed by atoms with van der Waals surface area (Å²) in [6.45, 7) is 7.26. The van der Waals surface area contributed by atoms with E-state index in [0.717, 1.165) is 46.3 Å². The number of likely N-dealkylation sites (N-methyl/N-ethyl adjacent to an activating group) is 1. The molecule has 0 N–H and O–H groups in total. The molecule has 3 aromatic rings. The molecule has 0 spiro atoms. The predicted molar refractivity (Wildman–Crippen MR) is 120 cm³/mol. The monoisotopic (exact) mass is 428 g/mol. The lowest BCUT2D eigenvalue weighted by Crippen LogP contribution is -2.28. The van der Waals surface area contributed by atoms with E-state index in [0.29, 0.717) is 11.6 Å². The van der Waals surface area contributed by atoms with Crippen molar-refractivity contribution >= 4 is 28.9 Å². The number of carbonyl (C=O) groups is 1. The van der Waals surface area contributed by atoms with Gasteiger partial charge in [0.2, 0.25) is 0 Å². The third-order valence-corrected chi connectivity index (χ3v) is 6.06. The molecule has 0 aliphatic carbocycles. The SMILES string of the molecule is CCN(CC)CCOC(=O)Cc1sc(-c2ccccc2)nc1-c1ccc(Cl)cc1. The molecule has 1 heterocycles. The number of hydrogen-bond donors (Lipinski definition) is 0. The third kappa shape index (κ3) is 5.89. The number of aromatic nitrogens is 1. The highest BCUT2D eigenvalue weighted by atomic mass is 35.5. The minimum Gasteiger partial charge on any atom is -0.464 e. The van der Waals surface area contributed by atoms with E-state index in [2.05, 4.69) is 18.7 Å². The summed E-state index contributed by atoms with van der Waals surface area (Å²) in [6.07, 6.45) is 0.209. The summed E-state index contributed by atoms with van der Waals surface area (Å²) < 4.78 is 5.48. The van der Waals surface area contributed by atoms with Gasteiger partial charge in [-0.05, 0) is 25.2 Å². The molecule has 3 rings (SSSR count). The fourth-order valence-electron chi connectivity index (χ4n) is 3.02. The maximum absolute atomic E-state index is 12.5. The van der Waals surface area contributed by atoms with E-state index < -0.39 is 0 Å². The number of hydrogen-bond acceptors (Lipinski definition) is 5. The molecule has 0 saturated carbocycles. The molecule has 0 atom stereocenters. The van der Waals surface area contributed by atoms with E-state index in [1.165, 1.54) is 11.3 Å². The summed E-state index contributed by atoms with van der Waals surface area (Å²) in [5.41, 5.74) is 2.79. The van der Waals surface area contributed by atoms with Crippen molar-refractivity contribution in [3.63, 3.8) is 0 Å². The molecular formula is C23H25ClN2O2S. The molecule has 0 bridgehead atoms. The number of rotatable bonds is 9. The standard InChI is InChI=1S/C23H25ClN2O2S/c1-3-26(4-2)14-15-28-21(27)16-20-22(17-10-12-19(24)13-11-17)25-23(29-20)18-8-6-5-7-9-18/h5-13H,3-4,14-16H2,1-2H3. The van der Waals surface area contributed by atoms with Crippen LogP contribution in [0.2, 0.25) is 5.02 Å². The molecule has 29 heavy (non-hydrogen) atoms. The molecule has 0 saturated heterocycles. The summed E-state index contributed by atoms with van der Waals surface area (Å²) in [5.74, 6) is -0.226. The number of benzene rings is 2. The first kappa shape index (κ1) is 21.5. The van der Waals surface area contributed by atoms with E-state index in [1.54, 1.807) is 0 Å². The largest absolute Gasteiger partial charge is 0.464 e. The molecule has 0 aliphatic rings. The normalized spacial score (nSPS) is 11.0. The van der Waals surface area contributed by atoms with Crippen molar-refractivity contribution < 1.29 is 9.53 Å². The van der Waals surface area contributed by atoms with Crippen molar-refractivity contribution in [3.05, 3.63) is 64.5 Å². The number of thiazole rings is 1. The highest BCUT2D eigenvalue weighted by molar-refractivity contribution is 7.15. The van der Waals surface area contributed by atoms with Crippen LogP contribution in [0.5, 0.6) is 0 Å². The number of nitrogens with zero attached hydrogens (tertiary/aromatic N) is 2. The van der Waals surface area contributed by atoms with E-state index >= 15 is 0 Å². The Labute approximate surface area is 181 Å². The summed E-state index contributed by atoms with van der Waals surface area (Å²) in [6, 6.07) is 17.5. The molecule has 0 amide bonds. The van der Waals surface area contributed by atoms with Gasteiger partial charge < -0.3 is 9.64 Å². The van der Waals surface area contributed by atoms with Crippen molar-refractivity contribution in [2.24, 2.45) is 0 Å².